The summed E-state index contributed by atoms with van der Waals surface area (Å²) in [4.78, 5) is 12.6. The SMILES string of the molecule is C#CCOc1ccc2c(C)c(C(=O)c3ccc(Br)cc3)oc2c1. The summed E-state index contributed by atoms with van der Waals surface area (Å²) in [5, 5.41) is 0.888. The molecule has 0 amide bonds. The summed E-state index contributed by atoms with van der Waals surface area (Å²) in [6.45, 7) is 2.07. The second-order valence-corrected chi connectivity index (χ2v) is 5.96. The fourth-order valence-corrected chi connectivity index (χ4v) is 2.63. The first-order valence-corrected chi connectivity index (χ1v) is 7.79. The molecule has 0 saturated carbocycles. The Labute approximate surface area is 142 Å². The molecular formula is C19H13BrO3. The number of fused-ring (bicyclic) bond motifs is 1. The number of rotatable bonds is 4. The lowest BCUT2D eigenvalue weighted by Gasteiger charge is -2.00. The molecule has 0 aliphatic rings. The molecule has 4 heteroatoms. The van der Waals surface area contributed by atoms with Crippen LogP contribution in [0.15, 0.2) is 51.4 Å². The molecule has 0 bridgehead atoms. The Morgan fingerprint density at radius 3 is 2.70 bits per heavy atom. The van der Waals surface area contributed by atoms with Gasteiger partial charge in [-0.25, -0.2) is 0 Å². The van der Waals surface area contributed by atoms with Gasteiger partial charge in [0.25, 0.3) is 0 Å². The Kier molecular flexibility index (Phi) is 4.22. The standard InChI is InChI=1S/C19H13BrO3/c1-3-10-22-15-8-9-16-12(2)19(23-17(16)11-15)18(21)13-4-6-14(20)7-5-13/h1,4-9,11H,10H2,2H3. The van der Waals surface area contributed by atoms with Crippen molar-refractivity contribution in [1.29, 1.82) is 0 Å². The van der Waals surface area contributed by atoms with Crippen molar-refractivity contribution in [3.05, 3.63) is 63.8 Å². The summed E-state index contributed by atoms with van der Waals surface area (Å²) in [5.41, 5.74) is 2.01. The quantitative estimate of drug-likeness (QED) is 0.492. The van der Waals surface area contributed by atoms with Gasteiger partial charge in [-0.1, -0.05) is 21.9 Å². The van der Waals surface area contributed by atoms with Gasteiger partial charge in [0.1, 0.15) is 17.9 Å². The van der Waals surface area contributed by atoms with Gasteiger partial charge in [0.15, 0.2) is 5.76 Å². The van der Waals surface area contributed by atoms with Gasteiger partial charge in [0.05, 0.1) is 0 Å². The molecule has 0 spiro atoms. The molecule has 2 aromatic carbocycles. The lowest BCUT2D eigenvalue weighted by Crippen LogP contribution is -2.01. The van der Waals surface area contributed by atoms with Gasteiger partial charge in [-0.05, 0) is 43.3 Å². The van der Waals surface area contributed by atoms with E-state index in [-0.39, 0.29) is 12.4 Å². The second-order valence-electron chi connectivity index (χ2n) is 5.04. The Morgan fingerprint density at radius 1 is 1.26 bits per heavy atom. The molecule has 3 rings (SSSR count). The molecule has 0 aliphatic heterocycles. The normalized spacial score (nSPS) is 10.5. The van der Waals surface area contributed by atoms with E-state index in [1.165, 1.54) is 0 Å². The van der Waals surface area contributed by atoms with Crippen molar-refractivity contribution in [1.82, 2.24) is 0 Å². The largest absolute Gasteiger partial charge is 0.481 e. The first-order chi connectivity index (χ1) is 11.1. The third-order valence-electron chi connectivity index (χ3n) is 3.54. The zero-order valence-electron chi connectivity index (χ0n) is 12.4. The van der Waals surface area contributed by atoms with Gasteiger partial charge in [0.2, 0.25) is 5.78 Å². The minimum Gasteiger partial charge on any atom is -0.481 e. The maximum absolute atomic E-state index is 12.6. The highest BCUT2D eigenvalue weighted by molar-refractivity contribution is 9.10. The zero-order valence-corrected chi connectivity index (χ0v) is 14.0. The van der Waals surface area contributed by atoms with Gasteiger partial charge >= 0.3 is 0 Å². The van der Waals surface area contributed by atoms with Crippen LogP contribution >= 0.6 is 15.9 Å². The van der Waals surface area contributed by atoms with Crippen molar-refractivity contribution < 1.29 is 13.9 Å². The van der Waals surface area contributed by atoms with E-state index in [0.29, 0.717) is 22.7 Å². The highest BCUT2D eigenvalue weighted by atomic mass is 79.9. The Hall–Kier alpha value is -2.51. The summed E-state index contributed by atoms with van der Waals surface area (Å²) in [6, 6.07) is 12.6. The summed E-state index contributed by atoms with van der Waals surface area (Å²) < 4.78 is 12.1. The predicted octanol–water partition coefficient (Wildman–Crippen LogP) is 4.75. The molecular weight excluding hydrogens is 356 g/mol. The van der Waals surface area contributed by atoms with Crippen LogP contribution in [0.2, 0.25) is 0 Å². The number of aryl methyl sites for hydroxylation is 1. The highest BCUT2D eigenvalue weighted by Crippen LogP contribution is 2.30. The predicted molar refractivity (Wildman–Crippen MR) is 92.9 cm³/mol. The highest BCUT2D eigenvalue weighted by Gasteiger charge is 2.19. The van der Waals surface area contributed by atoms with E-state index < -0.39 is 0 Å². The molecule has 0 aliphatic carbocycles. The van der Waals surface area contributed by atoms with Crippen molar-refractivity contribution >= 4 is 32.7 Å². The summed E-state index contributed by atoms with van der Waals surface area (Å²) in [7, 11) is 0. The molecule has 0 radical (unpaired) electrons. The number of carbonyl (C=O) groups is 1. The maximum atomic E-state index is 12.6. The third kappa shape index (κ3) is 3.01. The van der Waals surface area contributed by atoms with E-state index >= 15 is 0 Å². The van der Waals surface area contributed by atoms with Gasteiger partial charge in [-0.3, -0.25) is 4.79 Å². The van der Waals surface area contributed by atoms with Gasteiger partial charge in [0, 0.05) is 27.1 Å². The van der Waals surface area contributed by atoms with Crippen molar-refractivity contribution in [3.8, 4) is 18.1 Å². The van der Waals surface area contributed by atoms with E-state index in [1.54, 1.807) is 18.2 Å². The van der Waals surface area contributed by atoms with Crippen LogP contribution < -0.4 is 4.74 Å². The number of benzene rings is 2. The van der Waals surface area contributed by atoms with Crippen LogP contribution in [0, 0.1) is 19.3 Å². The minimum atomic E-state index is -0.141. The van der Waals surface area contributed by atoms with Crippen molar-refractivity contribution in [2.45, 2.75) is 6.92 Å². The van der Waals surface area contributed by atoms with Crippen LogP contribution in [-0.2, 0) is 0 Å². The zero-order chi connectivity index (χ0) is 16.4. The van der Waals surface area contributed by atoms with Crippen LogP contribution in [0.1, 0.15) is 21.7 Å². The molecule has 0 unspecified atom stereocenters. The van der Waals surface area contributed by atoms with Crippen LogP contribution in [0.5, 0.6) is 5.75 Å². The molecule has 3 aromatic rings. The third-order valence-corrected chi connectivity index (χ3v) is 4.07. The average molecular weight is 369 g/mol. The average Bonchev–Trinajstić information content (AvgIpc) is 2.89. The number of carbonyl (C=O) groups excluding carboxylic acids is 1. The number of terminal acetylenes is 1. The summed E-state index contributed by atoms with van der Waals surface area (Å²) >= 11 is 3.36. The molecule has 3 nitrogen and oxygen atoms in total. The van der Waals surface area contributed by atoms with E-state index in [0.717, 1.165) is 15.4 Å². The van der Waals surface area contributed by atoms with Crippen molar-refractivity contribution in [3.63, 3.8) is 0 Å². The molecule has 0 N–H and O–H groups in total. The maximum Gasteiger partial charge on any atom is 0.228 e. The molecule has 1 aromatic heterocycles. The number of hydrogen-bond acceptors (Lipinski definition) is 3. The lowest BCUT2D eigenvalue weighted by atomic mass is 10.0. The number of halogens is 1. The number of furan rings is 1. The van der Waals surface area contributed by atoms with Gasteiger partial charge in [-0.15, -0.1) is 6.42 Å². The lowest BCUT2D eigenvalue weighted by molar-refractivity contribution is 0.101. The molecule has 1 heterocycles. The van der Waals surface area contributed by atoms with Gasteiger partial charge in [-0.2, -0.15) is 0 Å². The van der Waals surface area contributed by atoms with Gasteiger partial charge < -0.3 is 9.15 Å². The first kappa shape index (κ1) is 15.4. The van der Waals surface area contributed by atoms with Crippen LogP contribution in [0.25, 0.3) is 11.0 Å². The van der Waals surface area contributed by atoms with Crippen molar-refractivity contribution in [2.75, 3.05) is 6.61 Å². The molecule has 0 fully saturated rings. The first-order valence-electron chi connectivity index (χ1n) is 7.00. The monoisotopic (exact) mass is 368 g/mol. The molecule has 23 heavy (non-hydrogen) atoms. The molecule has 114 valence electrons. The smallest absolute Gasteiger partial charge is 0.228 e. The topological polar surface area (TPSA) is 39.4 Å². The minimum absolute atomic E-state index is 0.141. The Bertz CT molecular complexity index is 914. The van der Waals surface area contributed by atoms with Crippen LogP contribution in [0.3, 0.4) is 0 Å². The van der Waals surface area contributed by atoms with E-state index in [2.05, 4.69) is 21.9 Å². The van der Waals surface area contributed by atoms with E-state index in [1.807, 2.05) is 31.2 Å². The second kappa shape index (κ2) is 6.31. The molecule has 0 saturated heterocycles. The fraction of sp³-hybridized carbons (Fsp3) is 0.105. The molecule has 0 atom stereocenters. The Morgan fingerprint density at radius 2 is 2.00 bits per heavy atom. The summed E-state index contributed by atoms with van der Waals surface area (Å²) in [6.07, 6.45) is 5.19. The number of hydrogen-bond donors (Lipinski definition) is 0. The number of ketones is 1. The van der Waals surface area contributed by atoms with Crippen LogP contribution in [-0.4, -0.2) is 12.4 Å². The fourth-order valence-electron chi connectivity index (χ4n) is 2.37. The van der Waals surface area contributed by atoms with Crippen molar-refractivity contribution in [2.24, 2.45) is 0 Å². The summed E-state index contributed by atoms with van der Waals surface area (Å²) in [5.74, 6) is 3.23. The van der Waals surface area contributed by atoms with E-state index in [4.69, 9.17) is 15.6 Å². The van der Waals surface area contributed by atoms with E-state index in [9.17, 15) is 4.79 Å². The number of ether oxygens (including phenoxy) is 1. The Balaban J connectivity index is 2.01. The van der Waals surface area contributed by atoms with Crippen LogP contribution in [0.4, 0.5) is 0 Å².